The topological polar surface area (TPSA) is 88.3 Å². The van der Waals surface area contributed by atoms with Gasteiger partial charge in [0.25, 0.3) is 0 Å². The van der Waals surface area contributed by atoms with Crippen molar-refractivity contribution in [2.24, 2.45) is 5.92 Å². The van der Waals surface area contributed by atoms with E-state index in [-0.39, 0.29) is 5.91 Å². The van der Waals surface area contributed by atoms with Crippen molar-refractivity contribution in [3.05, 3.63) is 12.7 Å². The van der Waals surface area contributed by atoms with Gasteiger partial charge < -0.3 is 10.0 Å². The molecule has 0 saturated carbocycles. The Morgan fingerprint density at radius 3 is 2.94 bits per heavy atom. The fourth-order valence-electron chi connectivity index (χ4n) is 2.12. The third kappa shape index (κ3) is 3.06. The van der Waals surface area contributed by atoms with E-state index in [1.165, 1.54) is 6.33 Å². The minimum absolute atomic E-state index is 0.0172. The van der Waals surface area contributed by atoms with Gasteiger partial charge in [0, 0.05) is 19.5 Å². The second-order valence-corrected chi connectivity index (χ2v) is 4.43. The zero-order chi connectivity index (χ0) is 13.0. The summed E-state index contributed by atoms with van der Waals surface area (Å²) in [7, 11) is 0. The number of carboxylic acid groups (broad SMARTS) is 1. The summed E-state index contributed by atoms with van der Waals surface area (Å²) < 4.78 is 1.59. The first-order valence-corrected chi connectivity index (χ1v) is 6.00. The quantitative estimate of drug-likeness (QED) is 0.814. The van der Waals surface area contributed by atoms with Crippen LogP contribution in [0.15, 0.2) is 12.7 Å². The van der Waals surface area contributed by atoms with Crippen LogP contribution < -0.4 is 0 Å². The molecule has 1 atom stereocenters. The van der Waals surface area contributed by atoms with Crippen LogP contribution in [0.5, 0.6) is 0 Å². The third-order valence-corrected chi connectivity index (χ3v) is 3.14. The maximum absolute atomic E-state index is 11.9. The van der Waals surface area contributed by atoms with Gasteiger partial charge in [0.1, 0.15) is 12.7 Å². The van der Waals surface area contributed by atoms with Gasteiger partial charge in [-0.25, -0.2) is 4.98 Å². The number of carbonyl (C=O) groups excluding carboxylic acids is 1. The van der Waals surface area contributed by atoms with Crippen molar-refractivity contribution in [2.75, 3.05) is 13.1 Å². The summed E-state index contributed by atoms with van der Waals surface area (Å²) >= 11 is 0. The molecule has 1 aromatic rings. The van der Waals surface area contributed by atoms with E-state index in [0.717, 1.165) is 6.42 Å². The highest BCUT2D eigenvalue weighted by Gasteiger charge is 2.27. The normalized spacial score (nSPS) is 19.8. The molecule has 1 aliphatic rings. The summed E-state index contributed by atoms with van der Waals surface area (Å²) in [5.41, 5.74) is 0. The Bertz CT molecular complexity index is 418. The molecule has 0 aromatic carbocycles. The molecule has 98 valence electrons. The van der Waals surface area contributed by atoms with E-state index in [2.05, 4.69) is 10.1 Å². The molecule has 1 amide bonds. The number of carbonyl (C=O) groups is 2. The van der Waals surface area contributed by atoms with Crippen LogP contribution in [0.25, 0.3) is 0 Å². The van der Waals surface area contributed by atoms with E-state index >= 15 is 0 Å². The molecule has 2 rings (SSSR count). The first-order chi connectivity index (χ1) is 8.66. The van der Waals surface area contributed by atoms with Gasteiger partial charge in [0.15, 0.2) is 0 Å². The fraction of sp³-hybridized carbons (Fsp3) is 0.636. The molecule has 18 heavy (non-hydrogen) atoms. The van der Waals surface area contributed by atoms with E-state index in [0.29, 0.717) is 32.5 Å². The second-order valence-electron chi connectivity index (χ2n) is 4.43. The van der Waals surface area contributed by atoms with Crippen LogP contribution in [0.1, 0.15) is 19.3 Å². The van der Waals surface area contributed by atoms with Crippen molar-refractivity contribution < 1.29 is 14.7 Å². The Morgan fingerprint density at radius 2 is 2.28 bits per heavy atom. The van der Waals surface area contributed by atoms with Gasteiger partial charge in [-0.2, -0.15) is 5.10 Å². The summed E-state index contributed by atoms with van der Waals surface area (Å²) in [4.78, 5) is 28.3. The lowest BCUT2D eigenvalue weighted by Crippen LogP contribution is -2.42. The number of nitrogens with zero attached hydrogens (tertiary/aromatic N) is 4. The van der Waals surface area contributed by atoms with Gasteiger partial charge in [0.2, 0.25) is 5.91 Å². The molecule has 0 radical (unpaired) electrons. The minimum Gasteiger partial charge on any atom is -0.481 e. The molecule has 1 N–H and O–H groups in total. The van der Waals surface area contributed by atoms with Gasteiger partial charge in [0.05, 0.1) is 12.5 Å². The highest BCUT2D eigenvalue weighted by atomic mass is 16.4. The lowest BCUT2D eigenvalue weighted by Gasteiger charge is -2.30. The zero-order valence-electron chi connectivity index (χ0n) is 10.0. The SMILES string of the molecule is O=C(O)C1CCCN(C(=O)CCn2cncn2)C1. The highest BCUT2D eigenvalue weighted by Crippen LogP contribution is 2.17. The highest BCUT2D eigenvalue weighted by molar-refractivity contribution is 5.77. The Kier molecular flexibility index (Phi) is 3.91. The lowest BCUT2D eigenvalue weighted by atomic mass is 9.98. The van der Waals surface area contributed by atoms with Crippen molar-refractivity contribution >= 4 is 11.9 Å². The van der Waals surface area contributed by atoms with Gasteiger partial charge in [-0.15, -0.1) is 0 Å². The van der Waals surface area contributed by atoms with Crippen molar-refractivity contribution in [1.29, 1.82) is 0 Å². The predicted octanol–water partition coefficient (Wildman–Crippen LogP) is -0.00860. The van der Waals surface area contributed by atoms with Crippen molar-refractivity contribution in [2.45, 2.75) is 25.8 Å². The van der Waals surface area contributed by atoms with Gasteiger partial charge >= 0.3 is 5.97 Å². The molecular weight excluding hydrogens is 236 g/mol. The Morgan fingerprint density at radius 1 is 1.44 bits per heavy atom. The number of aryl methyl sites for hydroxylation is 1. The van der Waals surface area contributed by atoms with Crippen LogP contribution in [-0.2, 0) is 16.1 Å². The summed E-state index contributed by atoms with van der Waals surface area (Å²) in [5, 5.41) is 12.9. The van der Waals surface area contributed by atoms with Gasteiger partial charge in [-0.05, 0) is 12.8 Å². The smallest absolute Gasteiger partial charge is 0.308 e. The largest absolute Gasteiger partial charge is 0.481 e. The molecule has 7 nitrogen and oxygen atoms in total. The van der Waals surface area contributed by atoms with Crippen LogP contribution in [0.3, 0.4) is 0 Å². The summed E-state index contributed by atoms with van der Waals surface area (Å²) in [6.07, 6.45) is 4.72. The van der Waals surface area contributed by atoms with Gasteiger partial charge in [-0.3, -0.25) is 14.3 Å². The fourth-order valence-corrected chi connectivity index (χ4v) is 2.12. The van der Waals surface area contributed by atoms with Crippen LogP contribution in [-0.4, -0.2) is 49.7 Å². The zero-order valence-corrected chi connectivity index (χ0v) is 10.0. The molecule has 1 unspecified atom stereocenters. The number of aromatic nitrogens is 3. The summed E-state index contributed by atoms with van der Waals surface area (Å²) in [6, 6.07) is 0. The Hall–Kier alpha value is -1.92. The first kappa shape index (κ1) is 12.5. The molecule has 2 heterocycles. The number of piperidine rings is 1. The van der Waals surface area contributed by atoms with Crippen LogP contribution in [0.2, 0.25) is 0 Å². The van der Waals surface area contributed by atoms with Crippen molar-refractivity contribution in [3.63, 3.8) is 0 Å². The number of rotatable bonds is 4. The first-order valence-electron chi connectivity index (χ1n) is 6.00. The maximum Gasteiger partial charge on any atom is 0.308 e. The predicted molar refractivity (Wildman–Crippen MR) is 61.6 cm³/mol. The second kappa shape index (κ2) is 5.61. The molecular formula is C11H16N4O3. The molecule has 0 spiro atoms. The number of aliphatic carboxylic acids is 1. The molecule has 1 fully saturated rings. The lowest BCUT2D eigenvalue weighted by molar-refractivity contribution is -0.145. The van der Waals surface area contributed by atoms with Gasteiger partial charge in [-0.1, -0.05) is 0 Å². The molecule has 7 heteroatoms. The average molecular weight is 252 g/mol. The van der Waals surface area contributed by atoms with Crippen molar-refractivity contribution in [1.82, 2.24) is 19.7 Å². The number of likely N-dealkylation sites (tertiary alicyclic amines) is 1. The van der Waals surface area contributed by atoms with E-state index in [4.69, 9.17) is 5.11 Å². The minimum atomic E-state index is -0.816. The molecule has 1 aromatic heterocycles. The van der Waals surface area contributed by atoms with E-state index in [1.807, 2.05) is 0 Å². The summed E-state index contributed by atoms with van der Waals surface area (Å²) in [6.45, 7) is 1.46. The average Bonchev–Trinajstić information content (AvgIpc) is 2.89. The number of hydrogen-bond donors (Lipinski definition) is 1. The Labute approximate surface area is 104 Å². The molecule has 0 aliphatic carbocycles. The molecule has 1 aliphatic heterocycles. The standard InChI is InChI=1S/C11H16N4O3/c16-10(3-5-15-8-12-7-13-15)14-4-1-2-9(6-14)11(17)18/h7-9H,1-6H2,(H,17,18). The third-order valence-electron chi connectivity index (χ3n) is 3.14. The van der Waals surface area contributed by atoms with Crippen LogP contribution in [0.4, 0.5) is 0 Å². The molecule has 1 saturated heterocycles. The Balaban J connectivity index is 1.83. The van der Waals surface area contributed by atoms with Crippen LogP contribution >= 0.6 is 0 Å². The monoisotopic (exact) mass is 252 g/mol. The number of hydrogen-bond acceptors (Lipinski definition) is 4. The maximum atomic E-state index is 11.9. The van der Waals surface area contributed by atoms with E-state index < -0.39 is 11.9 Å². The summed E-state index contributed by atoms with van der Waals surface area (Å²) in [5.74, 6) is -1.26. The number of carboxylic acids is 1. The van der Waals surface area contributed by atoms with Crippen LogP contribution in [0, 0.1) is 5.92 Å². The molecule has 0 bridgehead atoms. The van der Waals surface area contributed by atoms with Crippen molar-refractivity contribution in [3.8, 4) is 0 Å². The van der Waals surface area contributed by atoms with E-state index in [9.17, 15) is 9.59 Å². The van der Waals surface area contributed by atoms with E-state index in [1.54, 1.807) is 15.9 Å². The number of amides is 1.